The highest BCUT2D eigenvalue weighted by molar-refractivity contribution is 9.10. The Morgan fingerprint density at radius 1 is 1.24 bits per heavy atom. The van der Waals surface area contributed by atoms with Crippen molar-refractivity contribution in [1.82, 2.24) is 5.32 Å². The molecule has 1 saturated carbocycles. The third-order valence-corrected chi connectivity index (χ3v) is 4.26. The molecule has 3 nitrogen and oxygen atoms in total. The number of carbonyl (C=O) groups excluding carboxylic acids is 1. The molecule has 1 N–H and O–H groups in total. The molecule has 108 valence electrons. The lowest BCUT2D eigenvalue weighted by atomic mass is 9.96. The molecule has 1 aliphatic rings. The van der Waals surface area contributed by atoms with Crippen LogP contribution in [0.3, 0.4) is 0 Å². The SMILES string of the molecule is O=C(C=Cc1ccc(Br)o1)NCC1(c2ccccc2)CC1. The van der Waals surface area contributed by atoms with E-state index in [-0.39, 0.29) is 11.3 Å². The van der Waals surface area contributed by atoms with E-state index >= 15 is 0 Å². The lowest BCUT2D eigenvalue weighted by molar-refractivity contribution is -0.116. The van der Waals surface area contributed by atoms with E-state index in [0.29, 0.717) is 17.0 Å². The summed E-state index contributed by atoms with van der Waals surface area (Å²) in [6.07, 6.45) is 5.44. The van der Waals surface area contributed by atoms with Crippen LogP contribution in [-0.4, -0.2) is 12.5 Å². The molecule has 0 saturated heterocycles. The van der Waals surface area contributed by atoms with E-state index in [9.17, 15) is 4.79 Å². The fraction of sp³-hybridized carbons (Fsp3) is 0.235. The number of benzene rings is 1. The predicted molar refractivity (Wildman–Crippen MR) is 85.8 cm³/mol. The van der Waals surface area contributed by atoms with E-state index in [2.05, 4.69) is 33.4 Å². The van der Waals surface area contributed by atoms with E-state index in [1.165, 1.54) is 11.6 Å². The summed E-state index contributed by atoms with van der Waals surface area (Å²) in [5.41, 5.74) is 1.45. The number of furan rings is 1. The van der Waals surface area contributed by atoms with Crippen molar-refractivity contribution in [3.8, 4) is 0 Å². The van der Waals surface area contributed by atoms with Gasteiger partial charge in [0.15, 0.2) is 4.67 Å². The van der Waals surface area contributed by atoms with Crippen LogP contribution in [0.2, 0.25) is 0 Å². The number of hydrogen-bond acceptors (Lipinski definition) is 2. The third kappa shape index (κ3) is 3.45. The van der Waals surface area contributed by atoms with Gasteiger partial charge in [0, 0.05) is 18.0 Å². The van der Waals surface area contributed by atoms with Gasteiger partial charge in [-0.3, -0.25) is 4.79 Å². The Balaban J connectivity index is 1.56. The van der Waals surface area contributed by atoms with Gasteiger partial charge in [-0.05, 0) is 52.5 Å². The maximum atomic E-state index is 11.9. The summed E-state index contributed by atoms with van der Waals surface area (Å²) in [5, 5.41) is 2.98. The monoisotopic (exact) mass is 345 g/mol. The van der Waals surface area contributed by atoms with Gasteiger partial charge in [0.05, 0.1) is 0 Å². The Labute approximate surface area is 132 Å². The standard InChI is InChI=1S/C17H16BrNO2/c18-15-8-6-14(21-15)7-9-16(20)19-12-17(10-11-17)13-4-2-1-3-5-13/h1-9H,10-12H2,(H,19,20). The Morgan fingerprint density at radius 2 is 2.00 bits per heavy atom. The molecule has 0 bridgehead atoms. The largest absolute Gasteiger partial charge is 0.450 e. The van der Waals surface area contributed by atoms with Gasteiger partial charge in [0.1, 0.15) is 5.76 Å². The van der Waals surface area contributed by atoms with Gasteiger partial charge in [0.2, 0.25) is 5.91 Å². The Bertz CT molecular complexity index is 656. The van der Waals surface area contributed by atoms with Crippen LogP contribution < -0.4 is 5.32 Å². The van der Waals surface area contributed by atoms with E-state index in [1.54, 1.807) is 18.2 Å². The molecule has 0 unspecified atom stereocenters. The molecule has 1 amide bonds. The van der Waals surface area contributed by atoms with Crippen LogP contribution in [-0.2, 0) is 10.2 Å². The zero-order valence-electron chi connectivity index (χ0n) is 11.5. The number of carbonyl (C=O) groups is 1. The topological polar surface area (TPSA) is 42.2 Å². The Hall–Kier alpha value is -1.81. The summed E-state index contributed by atoms with van der Waals surface area (Å²) in [4.78, 5) is 11.9. The van der Waals surface area contributed by atoms with Gasteiger partial charge in [-0.25, -0.2) is 0 Å². The maximum absolute atomic E-state index is 11.9. The first-order valence-electron chi connectivity index (χ1n) is 6.95. The molecule has 1 heterocycles. The number of rotatable bonds is 5. The summed E-state index contributed by atoms with van der Waals surface area (Å²) < 4.78 is 5.97. The molecule has 0 spiro atoms. The first-order chi connectivity index (χ1) is 10.2. The lowest BCUT2D eigenvalue weighted by Gasteiger charge is -2.15. The number of hydrogen-bond donors (Lipinski definition) is 1. The summed E-state index contributed by atoms with van der Waals surface area (Å²) in [6, 6.07) is 14.0. The molecule has 21 heavy (non-hydrogen) atoms. The second-order valence-corrected chi connectivity index (χ2v) is 6.12. The zero-order valence-corrected chi connectivity index (χ0v) is 13.1. The fourth-order valence-electron chi connectivity index (χ4n) is 2.40. The fourth-order valence-corrected chi connectivity index (χ4v) is 2.72. The van der Waals surface area contributed by atoms with E-state index in [4.69, 9.17) is 4.42 Å². The third-order valence-electron chi connectivity index (χ3n) is 3.83. The maximum Gasteiger partial charge on any atom is 0.244 e. The van der Waals surface area contributed by atoms with Crippen molar-refractivity contribution in [3.63, 3.8) is 0 Å². The van der Waals surface area contributed by atoms with Gasteiger partial charge >= 0.3 is 0 Å². The minimum Gasteiger partial charge on any atom is -0.450 e. The minimum atomic E-state index is -0.0928. The van der Waals surface area contributed by atoms with Gasteiger partial charge in [0.25, 0.3) is 0 Å². The van der Waals surface area contributed by atoms with Gasteiger partial charge < -0.3 is 9.73 Å². The van der Waals surface area contributed by atoms with E-state index in [1.807, 2.05) is 18.2 Å². The zero-order chi connectivity index (χ0) is 14.7. The molecule has 0 radical (unpaired) electrons. The summed E-state index contributed by atoms with van der Waals surface area (Å²) >= 11 is 3.23. The van der Waals surface area contributed by atoms with Gasteiger partial charge in [-0.2, -0.15) is 0 Å². The average Bonchev–Trinajstić information content (AvgIpc) is 3.20. The molecule has 4 heteroatoms. The first kappa shape index (κ1) is 14.1. The van der Waals surface area contributed by atoms with E-state index < -0.39 is 0 Å². The predicted octanol–water partition coefficient (Wildman–Crippen LogP) is 3.90. The highest BCUT2D eigenvalue weighted by Crippen LogP contribution is 2.47. The normalized spacial score (nSPS) is 16.0. The highest BCUT2D eigenvalue weighted by atomic mass is 79.9. The molecule has 2 aromatic rings. The summed E-state index contributed by atoms with van der Waals surface area (Å²) in [7, 11) is 0. The molecule has 0 aliphatic heterocycles. The van der Waals surface area contributed by atoms with Crippen LogP contribution in [0.25, 0.3) is 6.08 Å². The van der Waals surface area contributed by atoms with Crippen LogP contribution in [0.15, 0.2) is 57.6 Å². The van der Waals surface area contributed by atoms with Crippen molar-refractivity contribution in [2.75, 3.05) is 6.54 Å². The van der Waals surface area contributed by atoms with E-state index in [0.717, 1.165) is 12.8 Å². The van der Waals surface area contributed by atoms with Crippen molar-refractivity contribution >= 4 is 27.9 Å². The molecular formula is C17H16BrNO2. The van der Waals surface area contributed by atoms with Crippen LogP contribution in [0, 0.1) is 0 Å². The average molecular weight is 346 g/mol. The number of nitrogens with one attached hydrogen (secondary N) is 1. The smallest absolute Gasteiger partial charge is 0.244 e. The van der Waals surface area contributed by atoms with Crippen LogP contribution in [0.4, 0.5) is 0 Å². The first-order valence-corrected chi connectivity index (χ1v) is 7.74. The highest BCUT2D eigenvalue weighted by Gasteiger charge is 2.43. The Kier molecular flexibility index (Phi) is 3.97. The van der Waals surface area contributed by atoms with Gasteiger partial charge in [-0.1, -0.05) is 30.3 Å². The molecule has 0 atom stereocenters. The quantitative estimate of drug-likeness (QED) is 0.835. The summed E-state index contributed by atoms with van der Waals surface area (Å²) in [6.45, 7) is 0.683. The minimum absolute atomic E-state index is 0.0928. The molecule has 1 fully saturated rings. The molecule has 3 rings (SSSR count). The Morgan fingerprint density at radius 3 is 2.62 bits per heavy atom. The number of halogens is 1. The second kappa shape index (κ2) is 5.90. The van der Waals surface area contributed by atoms with Crippen LogP contribution in [0.1, 0.15) is 24.2 Å². The van der Waals surface area contributed by atoms with Crippen molar-refractivity contribution in [1.29, 1.82) is 0 Å². The van der Waals surface area contributed by atoms with Crippen molar-refractivity contribution < 1.29 is 9.21 Å². The van der Waals surface area contributed by atoms with Crippen molar-refractivity contribution in [3.05, 3.63) is 64.5 Å². The lowest BCUT2D eigenvalue weighted by Crippen LogP contribution is -2.30. The number of amides is 1. The van der Waals surface area contributed by atoms with Crippen molar-refractivity contribution in [2.24, 2.45) is 0 Å². The van der Waals surface area contributed by atoms with Crippen LogP contribution >= 0.6 is 15.9 Å². The van der Waals surface area contributed by atoms with Crippen LogP contribution in [0.5, 0.6) is 0 Å². The molecule has 1 aromatic carbocycles. The summed E-state index contributed by atoms with van der Waals surface area (Å²) in [5.74, 6) is 0.561. The second-order valence-electron chi connectivity index (χ2n) is 5.34. The van der Waals surface area contributed by atoms with Gasteiger partial charge in [-0.15, -0.1) is 0 Å². The molecular weight excluding hydrogens is 330 g/mol. The molecule has 1 aliphatic carbocycles. The molecule has 1 aromatic heterocycles. The van der Waals surface area contributed by atoms with Crippen molar-refractivity contribution in [2.45, 2.75) is 18.3 Å².